The molecule has 0 aliphatic heterocycles. The van der Waals surface area contributed by atoms with Crippen LogP contribution < -0.4 is 5.32 Å². The predicted octanol–water partition coefficient (Wildman–Crippen LogP) is 3.11. The summed E-state index contributed by atoms with van der Waals surface area (Å²) in [5, 5.41) is 7.29. The van der Waals surface area contributed by atoms with Gasteiger partial charge in [0, 0.05) is 5.56 Å². The van der Waals surface area contributed by atoms with E-state index in [0.717, 1.165) is 10.6 Å². The molecule has 1 unspecified atom stereocenters. The maximum absolute atomic E-state index is 13.9. The standard InChI is InChI=1S/C13H16FN3S/c1-8(2)11-13(18-17-16-11)12(15-3)9-6-4-5-7-10(9)14/h4-8,12,15H,1-3H3. The first-order valence-electron chi connectivity index (χ1n) is 5.89. The highest BCUT2D eigenvalue weighted by atomic mass is 32.1. The molecule has 2 rings (SSSR count). The van der Waals surface area contributed by atoms with Gasteiger partial charge in [0.1, 0.15) is 5.82 Å². The highest BCUT2D eigenvalue weighted by Crippen LogP contribution is 2.31. The van der Waals surface area contributed by atoms with Crippen molar-refractivity contribution in [3.63, 3.8) is 0 Å². The number of nitrogens with one attached hydrogen (secondary N) is 1. The number of halogens is 1. The molecule has 0 aliphatic rings. The van der Waals surface area contributed by atoms with Gasteiger partial charge in [-0.15, -0.1) is 5.10 Å². The molecule has 0 bridgehead atoms. The van der Waals surface area contributed by atoms with E-state index in [1.54, 1.807) is 12.1 Å². The Kier molecular flexibility index (Phi) is 4.04. The van der Waals surface area contributed by atoms with Gasteiger partial charge in [-0.2, -0.15) is 0 Å². The van der Waals surface area contributed by atoms with Crippen molar-refractivity contribution < 1.29 is 4.39 Å². The van der Waals surface area contributed by atoms with Crippen LogP contribution in [0.5, 0.6) is 0 Å². The van der Waals surface area contributed by atoms with E-state index in [4.69, 9.17) is 0 Å². The molecular weight excluding hydrogens is 249 g/mol. The van der Waals surface area contributed by atoms with Gasteiger partial charge >= 0.3 is 0 Å². The van der Waals surface area contributed by atoms with Gasteiger partial charge in [0.2, 0.25) is 0 Å². The second-order valence-corrected chi connectivity index (χ2v) is 5.21. The van der Waals surface area contributed by atoms with Crippen molar-refractivity contribution in [1.82, 2.24) is 14.9 Å². The predicted molar refractivity (Wildman–Crippen MR) is 71.3 cm³/mol. The van der Waals surface area contributed by atoms with Gasteiger partial charge in [-0.1, -0.05) is 36.5 Å². The first-order chi connectivity index (χ1) is 8.65. The van der Waals surface area contributed by atoms with Crippen molar-refractivity contribution in [2.75, 3.05) is 7.05 Å². The fourth-order valence-electron chi connectivity index (χ4n) is 1.94. The third-order valence-electron chi connectivity index (χ3n) is 2.85. The molecule has 2 aromatic rings. The molecule has 18 heavy (non-hydrogen) atoms. The molecule has 1 heterocycles. The van der Waals surface area contributed by atoms with Crippen molar-refractivity contribution in [3.05, 3.63) is 46.2 Å². The van der Waals surface area contributed by atoms with Gasteiger partial charge in [0.05, 0.1) is 16.6 Å². The Bertz CT molecular complexity index is 524. The van der Waals surface area contributed by atoms with Crippen molar-refractivity contribution in [2.24, 2.45) is 0 Å². The number of hydrogen-bond donors (Lipinski definition) is 1. The minimum Gasteiger partial charge on any atom is -0.308 e. The quantitative estimate of drug-likeness (QED) is 0.923. The third kappa shape index (κ3) is 2.42. The summed E-state index contributed by atoms with van der Waals surface area (Å²) in [4.78, 5) is 0.984. The van der Waals surface area contributed by atoms with E-state index in [1.807, 2.05) is 13.1 Å². The van der Waals surface area contributed by atoms with E-state index >= 15 is 0 Å². The molecule has 0 amide bonds. The fourth-order valence-corrected chi connectivity index (χ4v) is 2.88. The van der Waals surface area contributed by atoms with Crippen molar-refractivity contribution in [2.45, 2.75) is 25.8 Å². The lowest BCUT2D eigenvalue weighted by atomic mass is 10.00. The number of rotatable bonds is 4. The van der Waals surface area contributed by atoms with E-state index in [1.165, 1.54) is 17.6 Å². The summed E-state index contributed by atoms with van der Waals surface area (Å²) in [5.74, 6) is 0.0707. The Balaban J connectivity index is 2.46. The summed E-state index contributed by atoms with van der Waals surface area (Å²) in [6.07, 6.45) is 0. The molecule has 0 spiro atoms. The third-order valence-corrected chi connectivity index (χ3v) is 3.66. The smallest absolute Gasteiger partial charge is 0.128 e. The summed E-state index contributed by atoms with van der Waals surface area (Å²) in [6.45, 7) is 4.13. The van der Waals surface area contributed by atoms with Crippen LogP contribution in [-0.4, -0.2) is 16.6 Å². The van der Waals surface area contributed by atoms with E-state index < -0.39 is 0 Å². The number of aromatic nitrogens is 2. The van der Waals surface area contributed by atoms with Crippen LogP contribution in [0, 0.1) is 5.82 Å². The first kappa shape index (κ1) is 13.1. The zero-order chi connectivity index (χ0) is 13.1. The summed E-state index contributed by atoms with van der Waals surface area (Å²) in [6, 6.07) is 6.61. The molecule has 0 radical (unpaired) electrons. The van der Waals surface area contributed by atoms with Gasteiger partial charge in [-0.25, -0.2) is 4.39 Å². The summed E-state index contributed by atoms with van der Waals surface area (Å²) >= 11 is 1.32. The summed E-state index contributed by atoms with van der Waals surface area (Å²) in [7, 11) is 1.82. The Morgan fingerprint density at radius 3 is 2.61 bits per heavy atom. The lowest BCUT2D eigenvalue weighted by Gasteiger charge is -2.17. The van der Waals surface area contributed by atoms with E-state index in [0.29, 0.717) is 5.56 Å². The lowest BCUT2D eigenvalue weighted by Crippen LogP contribution is -2.19. The topological polar surface area (TPSA) is 37.8 Å². The zero-order valence-electron chi connectivity index (χ0n) is 10.6. The van der Waals surface area contributed by atoms with Gasteiger partial charge in [-0.05, 0) is 30.6 Å². The minimum atomic E-state index is -0.208. The van der Waals surface area contributed by atoms with Crippen LogP contribution >= 0.6 is 11.5 Å². The molecule has 0 aliphatic carbocycles. The maximum Gasteiger partial charge on any atom is 0.128 e. The highest BCUT2D eigenvalue weighted by Gasteiger charge is 2.23. The van der Waals surface area contributed by atoms with Gasteiger partial charge in [0.25, 0.3) is 0 Å². The van der Waals surface area contributed by atoms with E-state index in [2.05, 4.69) is 28.8 Å². The van der Waals surface area contributed by atoms with Crippen LogP contribution in [0.1, 0.15) is 41.9 Å². The number of nitrogens with zero attached hydrogens (tertiary/aromatic N) is 2. The van der Waals surface area contributed by atoms with Gasteiger partial charge < -0.3 is 5.32 Å². The molecule has 1 aromatic carbocycles. The van der Waals surface area contributed by atoms with Crippen LogP contribution in [-0.2, 0) is 0 Å². The summed E-state index contributed by atoms with van der Waals surface area (Å²) < 4.78 is 17.9. The fraction of sp³-hybridized carbons (Fsp3) is 0.385. The van der Waals surface area contributed by atoms with Crippen molar-refractivity contribution in [1.29, 1.82) is 0 Å². The average molecular weight is 265 g/mol. The van der Waals surface area contributed by atoms with Crippen molar-refractivity contribution in [3.8, 4) is 0 Å². The Labute approximate surface area is 110 Å². The first-order valence-corrected chi connectivity index (χ1v) is 6.66. The zero-order valence-corrected chi connectivity index (χ0v) is 11.5. The lowest BCUT2D eigenvalue weighted by molar-refractivity contribution is 0.575. The Morgan fingerprint density at radius 1 is 1.28 bits per heavy atom. The monoisotopic (exact) mass is 265 g/mol. The van der Waals surface area contributed by atoms with E-state index in [-0.39, 0.29) is 17.8 Å². The van der Waals surface area contributed by atoms with Crippen LogP contribution in [0.2, 0.25) is 0 Å². The normalized spacial score (nSPS) is 12.9. The van der Waals surface area contributed by atoms with E-state index in [9.17, 15) is 4.39 Å². The molecule has 1 atom stereocenters. The molecule has 0 saturated carbocycles. The van der Waals surface area contributed by atoms with Gasteiger partial charge in [0.15, 0.2) is 0 Å². The largest absolute Gasteiger partial charge is 0.308 e. The van der Waals surface area contributed by atoms with Crippen LogP contribution in [0.25, 0.3) is 0 Å². The average Bonchev–Trinajstić information content (AvgIpc) is 2.82. The van der Waals surface area contributed by atoms with Crippen LogP contribution in [0.15, 0.2) is 24.3 Å². The molecule has 3 nitrogen and oxygen atoms in total. The highest BCUT2D eigenvalue weighted by molar-refractivity contribution is 7.05. The Morgan fingerprint density at radius 2 is 2.00 bits per heavy atom. The molecule has 1 N–H and O–H groups in total. The van der Waals surface area contributed by atoms with Gasteiger partial charge in [-0.3, -0.25) is 0 Å². The Hall–Kier alpha value is -1.33. The SMILES string of the molecule is CNC(c1ccccc1F)c1snnc1C(C)C. The molecule has 1 aromatic heterocycles. The molecule has 5 heteroatoms. The van der Waals surface area contributed by atoms with Crippen molar-refractivity contribution >= 4 is 11.5 Å². The number of benzene rings is 1. The second kappa shape index (κ2) is 5.54. The molecule has 0 fully saturated rings. The van der Waals surface area contributed by atoms with Crippen LogP contribution in [0.3, 0.4) is 0 Å². The molecule has 0 saturated heterocycles. The second-order valence-electron chi connectivity index (χ2n) is 4.42. The molecule has 96 valence electrons. The number of hydrogen-bond acceptors (Lipinski definition) is 4. The molecular formula is C13H16FN3S. The van der Waals surface area contributed by atoms with Crippen LogP contribution in [0.4, 0.5) is 4.39 Å². The maximum atomic E-state index is 13.9. The summed E-state index contributed by atoms with van der Waals surface area (Å²) in [5.41, 5.74) is 1.57. The minimum absolute atomic E-state index is 0.191.